The average Bonchev–Trinajstić information content (AvgIpc) is 2.50. The second kappa shape index (κ2) is 9.40. The normalized spacial score (nSPS) is 12.0. The molecule has 0 aliphatic carbocycles. The number of nitrogens with two attached hydrogens (primary N) is 1. The first-order valence-electron chi connectivity index (χ1n) is 8.74. The van der Waals surface area contributed by atoms with Crippen LogP contribution in [0.4, 0.5) is 42.8 Å². The SMILES string of the molecule is Cc1cc(N)nc(C(F)(F)F)c1.Cc1cc(NC(=O)OC(C)(C)C)nc(C(F)(F)F)c1. The Morgan fingerprint density at radius 3 is 1.74 bits per heavy atom. The number of nitrogens with one attached hydrogen (secondary N) is 1. The van der Waals surface area contributed by atoms with Gasteiger partial charge in [-0.15, -0.1) is 0 Å². The first-order valence-corrected chi connectivity index (χ1v) is 8.74. The Hall–Kier alpha value is -3.05. The third kappa shape index (κ3) is 9.53. The van der Waals surface area contributed by atoms with Gasteiger partial charge in [-0.2, -0.15) is 26.3 Å². The number of carbonyl (C=O) groups is 1. The van der Waals surface area contributed by atoms with E-state index in [-0.39, 0.29) is 11.6 Å². The molecule has 0 bridgehead atoms. The Morgan fingerprint density at radius 1 is 0.871 bits per heavy atom. The van der Waals surface area contributed by atoms with Crippen LogP contribution in [0.15, 0.2) is 24.3 Å². The molecule has 3 N–H and O–H groups in total. The molecule has 0 spiro atoms. The lowest BCUT2D eigenvalue weighted by Gasteiger charge is -2.19. The topological polar surface area (TPSA) is 90.1 Å². The number of nitrogen functional groups attached to an aromatic ring is 1. The highest BCUT2D eigenvalue weighted by molar-refractivity contribution is 5.83. The number of aryl methyl sites for hydroxylation is 2. The fourth-order valence-electron chi connectivity index (χ4n) is 2.12. The summed E-state index contributed by atoms with van der Waals surface area (Å²) in [4.78, 5) is 17.9. The number of nitrogens with zero attached hydrogens (tertiary/aromatic N) is 2. The van der Waals surface area contributed by atoms with E-state index < -0.39 is 35.4 Å². The van der Waals surface area contributed by atoms with Gasteiger partial charge in [0.25, 0.3) is 0 Å². The van der Waals surface area contributed by atoms with Gasteiger partial charge >= 0.3 is 18.4 Å². The third-order valence-electron chi connectivity index (χ3n) is 3.17. The monoisotopic (exact) mass is 452 g/mol. The van der Waals surface area contributed by atoms with E-state index in [1.54, 1.807) is 20.8 Å². The summed E-state index contributed by atoms with van der Waals surface area (Å²) in [6.45, 7) is 7.97. The maximum Gasteiger partial charge on any atom is 0.433 e. The molecule has 2 heterocycles. The number of alkyl halides is 6. The van der Waals surface area contributed by atoms with E-state index in [1.165, 1.54) is 26.0 Å². The smallest absolute Gasteiger partial charge is 0.433 e. The number of aromatic nitrogens is 2. The molecule has 2 aromatic rings. The van der Waals surface area contributed by atoms with Crippen molar-refractivity contribution in [2.75, 3.05) is 11.1 Å². The summed E-state index contributed by atoms with van der Waals surface area (Å²) < 4.78 is 78.7. The summed E-state index contributed by atoms with van der Waals surface area (Å²) in [6, 6.07) is 4.57. The minimum Gasteiger partial charge on any atom is -0.444 e. The van der Waals surface area contributed by atoms with Crippen molar-refractivity contribution in [2.45, 2.75) is 52.6 Å². The highest BCUT2D eigenvalue weighted by atomic mass is 19.4. The Balaban J connectivity index is 0.000000343. The van der Waals surface area contributed by atoms with Crippen molar-refractivity contribution in [2.24, 2.45) is 0 Å². The lowest BCUT2D eigenvalue weighted by atomic mass is 10.2. The van der Waals surface area contributed by atoms with Crippen molar-refractivity contribution in [1.29, 1.82) is 0 Å². The second-order valence-corrected chi connectivity index (χ2v) is 7.49. The minimum atomic E-state index is -4.56. The zero-order chi connectivity index (χ0) is 24.2. The molecular weight excluding hydrogens is 430 g/mol. The molecule has 1 amide bonds. The highest BCUT2D eigenvalue weighted by Crippen LogP contribution is 2.30. The molecule has 0 aliphatic heterocycles. The number of halogens is 6. The number of anilines is 2. The summed E-state index contributed by atoms with van der Waals surface area (Å²) >= 11 is 0. The van der Waals surface area contributed by atoms with Crippen LogP contribution in [0.1, 0.15) is 43.3 Å². The summed E-state index contributed by atoms with van der Waals surface area (Å²) in [5, 5.41) is 2.18. The zero-order valence-electron chi connectivity index (χ0n) is 17.4. The van der Waals surface area contributed by atoms with E-state index in [0.717, 1.165) is 12.1 Å². The minimum absolute atomic E-state index is 0.109. The van der Waals surface area contributed by atoms with Gasteiger partial charge in [-0.3, -0.25) is 5.32 Å². The van der Waals surface area contributed by atoms with Crippen LogP contribution in [0.25, 0.3) is 0 Å². The van der Waals surface area contributed by atoms with Crippen molar-refractivity contribution in [1.82, 2.24) is 9.97 Å². The van der Waals surface area contributed by atoms with Gasteiger partial charge in [-0.1, -0.05) is 0 Å². The Kier molecular flexibility index (Phi) is 7.88. The Morgan fingerprint density at radius 2 is 1.32 bits per heavy atom. The largest absolute Gasteiger partial charge is 0.444 e. The summed E-state index contributed by atoms with van der Waals surface area (Å²) in [5.41, 5.74) is 3.20. The molecule has 172 valence electrons. The standard InChI is InChI=1S/C12H15F3N2O2.C7H7F3N2/c1-7-5-8(12(13,14)15)16-9(6-7)17-10(18)19-11(2,3)4;1-4-2-5(7(8,9)10)12-6(11)3-4/h5-6H,1-4H3,(H,16,17,18);2-3H,1H3,(H2,11,12). The van der Waals surface area contributed by atoms with Gasteiger partial charge < -0.3 is 10.5 Å². The van der Waals surface area contributed by atoms with Gasteiger partial charge in [-0.25, -0.2) is 14.8 Å². The number of ether oxygens (including phenoxy) is 1. The van der Waals surface area contributed by atoms with Crippen molar-refractivity contribution in [3.8, 4) is 0 Å². The number of pyridine rings is 2. The quantitative estimate of drug-likeness (QED) is 0.538. The van der Waals surface area contributed by atoms with Gasteiger partial charge in [0.2, 0.25) is 0 Å². The fraction of sp³-hybridized carbons (Fsp3) is 0.421. The molecule has 0 saturated heterocycles. The molecule has 0 aliphatic rings. The van der Waals surface area contributed by atoms with Gasteiger partial charge in [0, 0.05) is 0 Å². The summed E-state index contributed by atoms with van der Waals surface area (Å²) in [7, 11) is 0. The van der Waals surface area contributed by atoms with Crippen LogP contribution in [0.2, 0.25) is 0 Å². The zero-order valence-corrected chi connectivity index (χ0v) is 17.4. The number of amides is 1. The Labute approximate surface area is 174 Å². The molecule has 12 heteroatoms. The van der Waals surface area contributed by atoms with Crippen LogP contribution in [0, 0.1) is 13.8 Å². The van der Waals surface area contributed by atoms with Gasteiger partial charge in [0.05, 0.1) is 0 Å². The predicted octanol–water partition coefficient (Wildman–Crippen LogP) is 5.75. The maximum absolute atomic E-state index is 12.6. The lowest BCUT2D eigenvalue weighted by molar-refractivity contribution is -0.141. The molecule has 0 atom stereocenters. The van der Waals surface area contributed by atoms with Crippen LogP contribution < -0.4 is 11.1 Å². The molecule has 0 radical (unpaired) electrons. The van der Waals surface area contributed by atoms with Gasteiger partial charge in [0.1, 0.15) is 28.6 Å². The molecule has 6 nitrogen and oxygen atoms in total. The molecular formula is C19H22F6N4O2. The molecule has 0 unspecified atom stereocenters. The predicted molar refractivity (Wildman–Crippen MR) is 102 cm³/mol. The molecule has 0 saturated carbocycles. The summed E-state index contributed by atoms with van der Waals surface area (Å²) in [5.74, 6) is -0.302. The van der Waals surface area contributed by atoms with Crippen molar-refractivity contribution >= 4 is 17.7 Å². The van der Waals surface area contributed by atoms with E-state index in [1.807, 2.05) is 0 Å². The fourth-order valence-corrected chi connectivity index (χ4v) is 2.12. The van der Waals surface area contributed by atoms with Gasteiger partial charge in [0.15, 0.2) is 0 Å². The van der Waals surface area contributed by atoms with E-state index in [0.29, 0.717) is 11.1 Å². The lowest BCUT2D eigenvalue weighted by Crippen LogP contribution is -2.27. The van der Waals surface area contributed by atoms with Crippen LogP contribution in [0.3, 0.4) is 0 Å². The number of hydrogen-bond donors (Lipinski definition) is 2. The van der Waals surface area contributed by atoms with Crippen molar-refractivity contribution < 1.29 is 35.9 Å². The van der Waals surface area contributed by atoms with E-state index in [2.05, 4.69) is 15.3 Å². The number of rotatable bonds is 1. The number of hydrogen-bond acceptors (Lipinski definition) is 5. The average molecular weight is 452 g/mol. The van der Waals surface area contributed by atoms with E-state index in [9.17, 15) is 31.1 Å². The van der Waals surface area contributed by atoms with Crippen LogP contribution >= 0.6 is 0 Å². The first kappa shape index (κ1) is 26.0. The molecule has 0 aromatic carbocycles. The maximum atomic E-state index is 12.6. The van der Waals surface area contributed by atoms with Gasteiger partial charge in [-0.05, 0) is 70.0 Å². The van der Waals surface area contributed by atoms with E-state index >= 15 is 0 Å². The molecule has 0 fully saturated rings. The number of carbonyl (C=O) groups excluding carboxylic acids is 1. The molecule has 2 aromatic heterocycles. The first-order chi connectivity index (χ1) is 13.9. The van der Waals surface area contributed by atoms with Crippen LogP contribution in [0.5, 0.6) is 0 Å². The highest BCUT2D eigenvalue weighted by Gasteiger charge is 2.33. The van der Waals surface area contributed by atoms with Crippen LogP contribution in [-0.4, -0.2) is 21.7 Å². The van der Waals surface area contributed by atoms with Crippen molar-refractivity contribution in [3.63, 3.8) is 0 Å². The Bertz CT molecular complexity index is 901. The molecule has 31 heavy (non-hydrogen) atoms. The van der Waals surface area contributed by atoms with Crippen LogP contribution in [-0.2, 0) is 17.1 Å². The second-order valence-electron chi connectivity index (χ2n) is 7.49. The summed E-state index contributed by atoms with van der Waals surface area (Å²) in [6.07, 6.45) is -9.82. The van der Waals surface area contributed by atoms with Crippen molar-refractivity contribution in [3.05, 3.63) is 46.8 Å². The molecule has 2 rings (SSSR count). The van der Waals surface area contributed by atoms with E-state index in [4.69, 9.17) is 10.5 Å². The third-order valence-corrected chi connectivity index (χ3v) is 3.17.